The first-order valence-electron chi connectivity index (χ1n) is 9.02. The summed E-state index contributed by atoms with van der Waals surface area (Å²) in [4.78, 5) is 17.1. The molecule has 1 amide bonds. The van der Waals surface area contributed by atoms with Gasteiger partial charge in [-0.3, -0.25) is 4.79 Å². The van der Waals surface area contributed by atoms with Crippen LogP contribution in [0.15, 0.2) is 47.2 Å². The number of aromatic nitrogens is 4. The summed E-state index contributed by atoms with van der Waals surface area (Å²) in [6, 6.07) is 8.82. The van der Waals surface area contributed by atoms with Gasteiger partial charge in [0.1, 0.15) is 6.17 Å². The van der Waals surface area contributed by atoms with Crippen LogP contribution in [0.5, 0.6) is 0 Å². The van der Waals surface area contributed by atoms with Gasteiger partial charge >= 0.3 is 0 Å². The summed E-state index contributed by atoms with van der Waals surface area (Å²) in [6.45, 7) is 1.88. The molecule has 3 heterocycles. The number of benzene rings is 1. The van der Waals surface area contributed by atoms with Gasteiger partial charge in [-0.25, -0.2) is 8.91 Å². The van der Waals surface area contributed by atoms with E-state index in [1.165, 1.54) is 6.20 Å². The lowest BCUT2D eigenvalue weighted by atomic mass is 10.1. The van der Waals surface area contributed by atoms with E-state index < -0.39 is 6.17 Å². The van der Waals surface area contributed by atoms with Gasteiger partial charge in [0.2, 0.25) is 11.7 Å². The van der Waals surface area contributed by atoms with Crippen LogP contribution in [-0.2, 0) is 0 Å². The maximum absolute atomic E-state index is 13.2. The lowest BCUT2D eigenvalue weighted by Gasteiger charge is -2.09. The number of nitrogens with one attached hydrogen (secondary N) is 1. The average Bonchev–Trinajstić information content (AvgIpc) is 3.10. The molecule has 1 N–H and O–H groups in total. The van der Waals surface area contributed by atoms with Crippen molar-refractivity contribution in [3.8, 4) is 11.4 Å². The highest BCUT2D eigenvalue weighted by atomic mass is 35.5. The van der Waals surface area contributed by atoms with Crippen LogP contribution in [0.25, 0.3) is 16.9 Å². The monoisotopic (exact) mass is 411 g/mol. The Morgan fingerprint density at radius 1 is 1.34 bits per heavy atom. The van der Waals surface area contributed by atoms with Gasteiger partial charge in [-0.2, -0.15) is 10.1 Å². The standard InChI is InChI=1S/C20H15ClFN5O2/c1-10-2-3-11(18-25-20(29-26-18)13-8-15(13)22)6-16(10)24-19(28)14-9-23-27-5-4-12(21)7-17(14)27/h2-7,9,13,15H,8H2,1H3,(H,24,28)/t13-,15-/m0/s1. The maximum Gasteiger partial charge on any atom is 0.259 e. The molecule has 0 unspecified atom stereocenters. The first-order valence-corrected chi connectivity index (χ1v) is 9.40. The van der Waals surface area contributed by atoms with Crippen molar-refractivity contribution < 1.29 is 13.7 Å². The first kappa shape index (κ1) is 17.8. The Kier molecular flexibility index (Phi) is 4.09. The number of amides is 1. The van der Waals surface area contributed by atoms with E-state index in [-0.39, 0.29) is 11.8 Å². The van der Waals surface area contributed by atoms with Gasteiger partial charge in [0.15, 0.2) is 0 Å². The minimum Gasteiger partial charge on any atom is -0.339 e. The smallest absolute Gasteiger partial charge is 0.259 e. The molecule has 146 valence electrons. The molecule has 1 aliphatic rings. The van der Waals surface area contributed by atoms with Crippen LogP contribution in [0, 0.1) is 6.92 Å². The van der Waals surface area contributed by atoms with Crippen molar-refractivity contribution in [3.63, 3.8) is 0 Å². The van der Waals surface area contributed by atoms with E-state index in [9.17, 15) is 9.18 Å². The molecule has 7 nitrogen and oxygen atoms in total. The van der Waals surface area contributed by atoms with E-state index in [0.717, 1.165) is 5.56 Å². The average molecular weight is 412 g/mol. The minimum absolute atomic E-state index is 0.302. The number of pyridine rings is 1. The molecule has 0 saturated heterocycles. The number of anilines is 1. The van der Waals surface area contributed by atoms with Crippen molar-refractivity contribution in [3.05, 3.63) is 64.8 Å². The van der Waals surface area contributed by atoms with Gasteiger partial charge in [0, 0.05) is 22.5 Å². The fourth-order valence-electron chi connectivity index (χ4n) is 3.14. The summed E-state index contributed by atoms with van der Waals surface area (Å²) in [5, 5.41) is 11.5. The second-order valence-corrected chi connectivity index (χ2v) is 7.47. The Morgan fingerprint density at radius 2 is 2.17 bits per heavy atom. The molecule has 0 radical (unpaired) electrons. The van der Waals surface area contributed by atoms with E-state index in [4.69, 9.17) is 16.1 Å². The molecule has 5 rings (SSSR count). The molecule has 1 saturated carbocycles. The van der Waals surface area contributed by atoms with Gasteiger partial charge in [0.25, 0.3) is 5.91 Å². The number of hydrogen-bond donors (Lipinski definition) is 1. The number of hydrogen-bond acceptors (Lipinski definition) is 5. The van der Waals surface area contributed by atoms with Crippen molar-refractivity contribution in [1.29, 1.82) is 0 Å². The van der Waals surface area contributed by atoms with Crippen molar-refractivity contribution in [2.45, 2.75) is 25.4 Å². The largest absolute Gasteiger partial charge is 0.339 e. The fraction of sp³-hybridized carbons (Fsp3) is 0.200. The predicted octanol–water partition coefficient (Wildman–Crippen LogP) is 4.42. The zero-order chi connectivity index (χ0) is 20.1. The summed E-state index contributed by atoms with van der Waals surface area (Å²) in [5.74, 6) is 0.0529. The van der Waals surface area contributed by atoms with Crippen molar-refractivity contribution in [1.82, 2.24) is 19.8 Å². The molecule has 0 bridgehead atoms. The quantitative estimate of drug-likeness (QED) is 0.537. The molecule has 0 aliphatic heterocycles. The molecular formula is C20H15ClFN5O2. The molecular weight excluding hydrogens is 397 g/mol. The second kappa shape index (κ2) is 6.66. The van der Waals surface area contributed by atoms with E-state index in [1.54, 1.807) is 28.9 Å². The normalized spacial score (nSPS) is 18.2. The Bertz CT molecular complexity index is 1250. The lowest BCUT2D eigenvalue weighted by molar-refractivity contribution is 0.102. The number of halogens is 2. The third kappa shape index (κ3) is 3.25. The third-order valence-corrected chi connectivity index (χ3v) is 5.18. The van der Waals surface area contributed by atoms with Gasteiger partial charge in [-0.1, -0.05) is 28.9 Å². The number of rotatable bonds is 4. The minimum atomic E-state index is -0.907. The summed E-state index contributed by atoms with van der Waals surface area (Å²) in [5.41, 5.74) is 3.15. The van der Waals surface area contributed by atoms with Gasteiger partial charge in [-0.15, -0.1) is 0 Å². The topological polar surface area (TPSA) is 85.3 Å². The Hall–Kier alpha value is -3.26. The van der Waals surface area contributed by atoms with Gasteiger partial charge < -0.3 is 9.84 Å². The van der Waals surface area contributed by atoms with Crippen molar-refractivity contribution in [2.75, 3.05) is 5.32 Å². The fourth-order valence-corrected chi connectivity index (χ4v) is 3.30. The van der Waals surface area contributed by atoms with Crippen LogP contribution in [0.4, 0.5) is 10.1 Å². The molecule has 9 heteroatoms. The van der Waals surface area contributed by atoms with Crippen LogP contribution in [0.3, 0.4) is 0 Å². The van der Waals surface area contributed by atoms with Crippen LogP contribution < -0.4 is 5.32 Å². The van der Waals surface area contributed by atoms with E-state index in [0.29, 0.717) is 45.5 Å². The Labute approximate surface area is 169 Å². The summed E-state index contributed by atoms with van der Waals surface area (Å²) in [7, 11) is 0. The SMILES string of the molecule is Cc1ccc(-c2noc([C@H]3C[C@@H]3F)n2)cc1NC(=O)c1cnn2ccc(Cl)cc12. The lowest BCUT2D eigenvalue weighted by Crippen LogP contribution is -2.12. The number of nitrogens with zero attached hydrogens (tertiary/aromatic N) is 4. The van der Waals surface area contributed by atoms with Gasteiger partial charge in [-0.05, 0) is 37.1 Å². The van der Waals surface area contributed by atoms with Crippen molar-refractivity contribution >= 4 is 28.7 Å². The number of alkyl halides is 1. The molecule has 1 aliphatic carbocycles. The third-order valence-electron chi connectivity index (χ3n) is 4.94. The van der Waals surface area contributed by atoms with E-state index >= 15 is 0 Å². The first-order chi connectivity index (χ1) is 14.0. The van der Waals surface area contributed by atoms with Gasteiger partial charge in [0.05, 0.1) is 23.2 Å². The molecule has 29 heavy (non-hydrogen) atoms. The zero-order valence-corrected chi connectivity index (χ0v) is 16.0. The molecule has 0 spiro atoms. The Balaban J connectivity index is 1.43. The zero-order valence-electron chi connectivity index (χ0n) is 15.3. The van der Waals surface area contributed by atoms with Crippen LogP contribution >= 0.6 is 11.6 Å². The maximum atomic E-state index is 13.2. The Morgan fingerprint density at radius 3 is 2.97 bits per heavy atom. The highest BCUT2D eigenvalue weighted by Gasteiger charge is 2.43. The molecule has 2 atom stereocenters. The molecule has 3 aromatic heterocycles. The van der Waals surface area contributed by atoms with Crippen LogP contribution in [0.1, 0.15) is 34.2 Å². The van der Waals surface area contributed by atoms with E-state index in [1.807, 2.05) is 19.1 Å². The number of fused-ring (bicyclic) bond motifs is 1. The molecule has 1 fully saturated rings. The predicted molar refractivity (Wildman–Crippen MR) is 105 cm³/mol. The highest BCUT2D eigenvalue weighted by Crippen LogP contribution is 2.43. The number of carbonyl (C=O) groups excluding carboxylic acids is 1. The second-order valence-electron chi connectivity index (χ2n) is 7.03. The molecule has 4 aromatic rings. The highest BCUT2D eigenvalue weighted by molar-refractivity contribution is 6.31. The number of aryl methyl sites for hydroxylation is 1. The summed E-state index contributed by atoms with van der Waals surface area (Å²) >= 11 is 6.04. The summed E-state index contributed by atoms with van der Waals surface area (Å²) in [6.07, 6.45) is 2.70. The summed E-state index contributed by atoms with van der Waals surface area (Å²) < 4.78 is 20.0. The molecule has 1 aromatic carbocycles. The van der Waals surface area contributed by atoms with E-state index in [2.05, 4.69) is 20.6 Å². The van der Waals surface area contributed by atoms with Crippen LogP contribution in [0.2, 0.25) is 5.02 Å². The van der Waals surface area contributed by atoms with Crippen molar-refractivity contribution in [2.24, 2.45) is 0 Å². The number of carbonyl (C=O) groups is 1. The van der Waals surface area contributed by atoms with Crippen LogP contribution in [-0.4, -0.2) is 31.8 Å².